The molecule has 6 nitrogen and oxygen atoms in total. The zero-order valence-corrected chi connectivity index (χ0v) is 15.8. The highest BCUT2D eigenvalue weighted by atomic mass is 16.5. The van der Waals surface area contributed by atoms with Crippen molar-refractivity contribution in [1.29, 1.82) is 0 Å². The predicted molar refractivity (Wildman–Crippen MR) is 105 cm³/mol. The van der Waals surface area contributed by atoms with Gasteiger partial charge in [-0.1, -0.05) is 6.07 Å². The molecule has 0 spiro atoms. The lowest BCUT2D eigenvalue weighted by Gasteiger charge is -2.23. The van der Waals surface area contributed by atoms with Gasteiger partial charge in [-0.05, 0) is 49.4 Å². The first-order valence-corrected chi connectivity index (χ1v) is 9.42. The average Bonchev–Trinajstić information content (AvgIpc) is 3.04. The van der Waals surface area contributed by atoms with Crippen molar-refractivity contribution in [2.45, 2.75) is 32.9 Å². The number of nitrogens with zero attached hydrogens (tertiary/aromatic N) is 3. The molecule has 1 aromatic carbocycles. The summed E-state index contributed by atoms with van der Waals surface area (Å²) in [6.45, 7) is 4.31. The van der Waals surface area contributed by atoms with Crippen molar-refractivity contribution in [2.24, 2.45) is 13.0 Å². The first-order valence-electron chi connectivity index (χ1n) is 9.42. The van der Waals surface area contributed by atoms with Gasteiger partial charge in [0.15, 0.2) is 0 Å². The summed E-state index contributed by atoms with van der Waals surface area (Å²) in [7, 11) is 1.77. The van der Waals surface area contributed by atoms with E-state index in [2.05, 4.69) is 4.57 Å². The van der Waals surface area contributed by atoms with Crippen molar-refractivity contribution >= 4 is 11.0 Å². The fraction of sp³-hybridized carbons (Fsp3) is 0.429. The highest BCUT2D eigenvalue weighted by molar-refractivity contribution is 5.81. The number of aryl methyl sites for hydroxylation is 2. The molecule has 0 amide bonds. The highest BCUT2D eigenvalue weighted by Crippen LogP contribution is 2.28. The summed E-state index contributed by atoms with van der Waals surface area (Å²) in [6, 6.07) is 7.83. The minimum absolute atomic E-state index is 0.00293. The zero-order chi connectivity index (χ0) is 19.0. The van der Waals surface area contributed by atoms with E-state index in [4.69, 9.17) is 9.72 Å². The molecule has 6 heteroatoms. The largest absolute Gasteiger partial charge is 0.392 e. The topological polar surface area (TPSA) is 69.3 Å². The Bertz CT molecular complexity index is 1000. The lowest BCUT2D eigenvalue weighted by molar-refractivity contribution is 0.0617. The number of ether oxygens (including phenoxy) is 1. The number of hydrogen-bond donors (Lipinski definition) is 1. The third kappa shape index (κ3) is 3.42. The van der Waals surface area contributed by atoms with Crippen LogP contribution in [0.25, 0.3) is 22.4 Å². The van der Waals surface area contributed by atoms with Crippen molar-refractivity contribution in [3.63, 3.8) is 0 Å². The van der Waals surface area contributed by atoms with Crippen molar-refractivity contribution in [3.05, 3.63) is 51.9 Å². The van der Waals surface area contributed by atoms with Gasteiger partial charge in [0.25, 0.3) is 5.56 Å². The van der Waals surface area contributed by atoms with Gasteiger partial charge in [-0.2, -0.15) is 0 Å². The van der Waals surface area contributed by atoms with E-state index in [1.165, 1.54) is 0 Å². The number of pyridine rings is 1. The number of fused-ring (bicyclic) bond motifs is 1. The molecule has 3 aromatic rings. The van der Waals surface area contributed by atoms with E-state index in [1.807, 2.05) is 37.4 Å². The van der Waals surface area contributed by atoms with E-state index >= 15 is 0 Å². The van der Waals surface area contributed by atoms with Crippen LogP contribution in [0, 0.1) is 12.8 Å². The molecule has 2 aromatic heterocycles. The monoisotopic (exact) mass is 367 g/mol. The number of aliphatic hydroxyl groups excluding tert-OH is 1. The molecule has 1 aliphatic heterocycles. The molecule has 1 fully saturated rings. The molecule has 1 saturated heterocycles. The van der Waals surface area contributed by atoms with Crippen molar-refractivity contribution < 1.29 is 9.84 Å². The van der Waals surface area contributed by atoms with Gasteiger partial charge in [0, 0.05) is 44.1 Å². The van der Waals surface area contributed by atoms with Crippen molar-refractivity contribution in [2.75, 3.05) is 13.2 Å². The van der Waals surface area contributed by atoms with Crippen molar-refractivity contribution in [3.8, 4) is 11.4 Å². The smallest absolute Gasteiger partial charge is 0.253 e. The lowest BCUT2D eigenvalue weighted by Crippen LogP contribution is -2.21. The van der Waals surface area contributed by atoms with Crippen LogP contribution in [0.1, 0.15) is 24.0 Å². The number of aliphatic hydroxyl groups is 1. The van der Waals surface area contributed by atoms with E-state index in [0.29, 0.717) is 11.5 Å². The fourth-order valence-electron chi connectivity index (χ4n) is 3.87. The Hall–Kier alpha value is -2.44. The van der Waals surface area contributed by atoms with Gasteiger partial charge in [-0.3, -0.25) is 4.79 Å². The number of hydrogen-bond acceptors (Lipinski definition) is 4. The van der Waals surface area contributed by atoms with Crippen LogP contribution in [0.15, 0.2) is 35.3 Å². The van der Waals surface area contributed by atoms with Gasteiger partial charge in [0.1, 0.15) is 5.82 Å². The predicted octanol–water partition coefficient (Wildman–Crippen LogP) is 2.63. The Morgan fingerprint density at radius 3 is 2.74 bits per heavy atom. The quantitative estimate of drug-likeness (QED) is 0.770. The number of imidazole rings is 1. The van der Waals surface area contributed by atoms with E-state index < -0.39 is 0 Å². The molecule has 0 saturated carbocycles. The van der Waals surface area contributed by atoms with Gasteiger partial charge in [0.05, 0.1) is 17.6 Å². The third-order valence-corrected chi connectivity index (χ3v) is 5.40. The van der Waals surface area contributed by atoms with E-state index in [0.717, 1.165) is 60.6 Å². The molecular weight excluding hydrogens is 342 g/mol. The van der Waals surface area contributed by atoms with E-state index in [-0.39, 0.29) is 12.2 Å². The van der Waals surface area contributed by atoms with E-state index in [9.17, 15) is 9.90 Å². The van der Waals surface area contributed by atoms with Crippen LogP contribution in [0.4, 0.5) is 0 Å². The second kappa shape index (κ2) is 7.29. The highest BCUT2D eigenvalue weighted by Gasteiger charge is 2.20. The van der Waals surface area contributed by atoms with Gasteiger partial charge < -0.3 is 19.0 Å². The molecule has 0 radical (unpaired) electrons. The van der Waals surface area contributed by atoms with E-state index in [1.54, 1.807) is 11.6 Å². The Morgan fingerprint density at radius 1 is 1.26 bits per heavy atom. The Balaban J connectivity index is 1.87. The Morgan fingerprint density at radius 2 is 2.04 bits per heavy atom. The molecule has 0 atom stereocenters. The maximum absolute atomic E-state index is 12.1. The summed E-state index contributed by atoms with van der Waals surface area (Å²) < 4.78 is 9.37. The Labute approximate surface area is 158 Å². The van der Waals surface area contributed by atoms with Crippen LogP contribution in [0.5, 0.6) is 0 Å². The summed E-state index contributed by atoms with van der Waals surface area (Å²) in [5.74, 6) is 1.41. The minimum atomic E-state index is -0.00293. The second-order valence-electron chi connectivity index (χ2n) is 7.41. The maximum atomic E-state index is 12.1. The van der Waals surface area contributed by atoms with Crippen LogP contribution < -0.4 is 5.56 Å². The van der Waals surface area contributed by atoms with Crippen LogP contribution in [-0.2, 0) is 24.9 Å². The lowest BCUT2D eigenvalue weighted by atomic mass is 10.00. The van der Waals surface area contributed by atoms with Crippen LogP contribution in [0.2, 0.25) is 0 Å². The molecular formula is C21H25N3O3. The third-order valence-electron chi connectivity index (χ3n) is 5.40. The summed E-state index contributed by atoms with van der Waals surface area (Å²) in [5, 5.41) is 9.47. The van der Waals surface area contributed by atoms with Crippen LogP contribution >= 0.6 is 0 Å². The summed E-state index contributed by atoms with van der Waals surface area (Å²) in [4.78, 5) is 17.0. The zero-order valence-electron chi connectivity index (χ0n) is 15.8. The van der Waals surface area contributed by atoms with Crippen LogP contribution in [0.3, 0.4) is 0 Å². The van der Waals surface area contributed by atoms with Crippen molar-refractivity contribution in [1.82, 2.24) is 14.1 Å². The van der Waals surface area contributed by atoms with Gasteiger partial charge in [0.2, 0.25) is 0 Å². The second-order valence-corrected chi connectivity index (χ2v) is 7.41. The molecule has 27 heavy (non-hydrogen) atoms. The molecule has 1 aliphatic rings. The summed E-state index contributed by atoms with van der Waals surface area (Å²) in [5.41, 5.74) is 4.42. The summed E-state index contributed by atoms with van der Waals surface area (Å²) in [6.07, 6.45) is 3.93. The normalized spacial score (nSPS) is 15.5. The average molecular weight is 367 g/mol. The minimum Gasteiger partial charge on any atom is -0.392 e. The molecule has 0 unspecified atom stereocenters. The summed E-state index contributed by atoms with van der Waals surface area (Å²) >= 11 is 0. The molecule has 1 N–H and O–H groups in total. The molecule has 3 heterocycles. The van der Waals surface area contributed by atoms with Gasteiger partial charge in [-0.15, -0.1) is 0 Å². The standard InChI is InChI=1S/C21H25N3O3/c1-14-9-17(12-23(2)21(14)26)20-22-18-10-16(13-25)3-4-19(18)24(20)11-15-5-7-27-8-6-15/h3-4,9-10,12,15,25H,5-8,11,13H2,1-2H3. The van der Waals surface area contributed by atoms with Crippen LogP contribution in [-0.4, -0.2) is 32.4 Å². The number of benzene rings is 1. The molecule has 142 valence electrons. The first-order chi connectivity index (χ1) is 13.1. The fourth-order valence-corrected chi connectivity index (χ4v) is 3.87. The number of rotatable bonds is 4. The first kappa shape index (κ1) is 17.9. The molecule has 4 rings (SSSR count). The molecule has 0 bridgehead atoms. The number of aromatic nitrogens is 3. The maximum Gasteiger partial charge on any atom is 0.253 e. The molecule has 0 aliphatic carbocycles. The SMILES string of the molecule is Cc1cc(-c2nc3cc(CO)ccc3n2CC2CCOCC2)cn(C)c1=O. The van der Waals surface area contributed by atoms with Gasteiger partial charge >= 0.3 is 0 Å². The Kier molecular flexibility index (Phi) is 4.85. The van der Waals surface area contributed by atoms with Gasteiger partial charge in [-0.25, -0.2) is 4.98 Å².